The zero-order valence-corrected chi connectivity index (χ0v) is 11.2. The predicted octanol–water partition coefficient (Wildman–Crippen LogP) is 4.56. The third-order valence-electron chi connectivity index (χ3n) is 3.14. The van der Waals surface area contributed by atoms with Crippen LogP contribution < -0.4 is 4.74 Å². The molecule has 0 heterocycles. The molecule has 0 saturated heterocycles. The molecule has 0 atom stereocenters. The van der Waals surface area contributed by atoms with Crippen molar-refractivity contribution in [2.45, 2.75) is 52.4 Å². The van der Waals surface area contributed by atoms with Crippen LogP contribution in [0, 0.1) is 6.92 Å². The predicted molar refractivity (Wildman–Crippen MR) is 72.3 cm³/mol. The monoisotopic (exact) mass is 250 g/mol. The second kappa shape index (κ2) is 7.75. The highest BCUT2D eigenvalue weighted by molar-refractivity contribution is 5.62. The number of aryl methyl sites for hydroxylation is 1. The molecule has 1 N–H and O–H groups in total. The van der Waals surface area contributed by atoms with E-state index in [1.807, 2.05) is 19.1 Å². The van der Waals surface area contributed by atoms with Crippen LogP contribution >= 0.6 is 0 Å². The molecule has 3 nitrogen and oxygen atoms in total. The van der Waals surface area contributed by atoms with E-state index in [4.69, 9.17) is 9.84 Å². The number of benzene rings is 1. The smallest absolute Gasteiger partial charge is 0.449 e. The quantitative estimate of drug-likeness (QED) is 0.438. The van der Waals surface area contributed by atoms with Gasteiger partial charge in [0.25, 0.3) is 0 Å². The molecule has 18 heavy (non-hydrogen) atoms. The zero-order chi connectivity index (χ0) is 13.4. The van der Waals surface area contributed by atoms with Crippen molar-refractivity contribution in [1.82, 2.24) is 0 Å². The molecular formula is C15H22O3. The van der Waals surface area contributed by atoms with E-state index >= 15 is 0 Å². The molecule has 0 amide bonds. The normalized spacial score (nSPS) is 10.3. The van der Waals surface area contributed by atoms with Crippen molar-refractivity contribution in [3.8, 4) is 5.75 Å². The number of hydrogen-bond acceptors (Lipinski definition) is 2. The minimum atomic E-state index is -1.25. The highest BCUT2D eigenvalue weighted by Gasteiger charge is 2.08. The number of carboxylic acid groups (broad SMARTS) is 1. The first-order chi connectivity index (χ1) is 8.65. The van der Waals surface area contributed by atoms with Crippen molar-refractivity contribution in [1.29, 1.82) is 0 Å². The summed E-state index contributed by atoms with van der Waals surface area (Å²) in [5.74, 6) is 0.452. The lowest BCUT2D eigenvalue weighted by Gasteiger charge is -2.09. The van der Waals surface area contributed by atoms with Crippen LogP contribution in [0.5, 0.6) is 5.75 Å². The molecule has 0 saturated carbocycles. The van der Waals surface area contributed by atoms with Crippen molar-refractivity contribution in [2.24, 2.45) is 0 Å². The number of rotatable bonds is 7. The first kappa shape index (κ1) is 14.6. The topological polar surface area (TPSA) is 46.5 Å². The first-order valence-corrected chi connectivity index (χ1v) is 6.64. The summed E-state index contributed by atoms with van der Waals surface area (Å²) < 4.78 is 4.75. The number of hydrogen-bond donors (Lipinski definition) is 1. The van der Waals surface area contributed by atoms with E-state index in [1.165, 1.54) is 31.2 Å². The maximum Gasteiger partial charge on any atom is 0.511 e. The minimum absolute atomic E-state index is 0.452. The second-order valence-corrected chi connectivity index (χ2v) is 4.57. The van der Waals surface area contributed by atoms with Gasteiger partial charge in [0.05, 0.1) is 0 Å². The van der Waals surface area contributed by atoms with Gasteiger partial charge >= 0.3 is 6.16 Å². The zero-order valence-electron chi connectivity index (χ0n) is 11.2. The van der Waals surface area contributed by atoms with Crippen LogP contribution in [0.3, 0.4) is 0 Å². The van der Waals surface area contributed by atoms with Gasteiger partial charge in [-0.05, 0) is 37.0 Å². The Kier molecular flexibility index (Phi) is 6.26. The van der Waals surface area contributed by atoms with Gasteiger partial charge in [-0.2, -0.15) is 0 Å². The lowest BCUT2D eigenvalue weighted by molar-refractivity contribution is 0.144. The van der Waals surface area contributed by atoms with Crippen LogP contribution in [-0.4, -0.2) is 11.3 Å². The molecule has 100 valence electrons. The van der Waals surface area contributed by atoms with E-state index in [2.05, 4.69) is 6.92 Å². The Hall–Kier alpha value is -1.51. The van der Waals surface area contributed by atoms with Gasteiger partial charge in [0.15, 0.2) is 0 Å². The van der Waals surface area contributed by atoms with E-state index in [0.29, 0.717) is 5.75 Å². The van der Waals surface area contributed by atoms with Crippen LogP contribution in [0.25, 0.3) is 0 Å². The molecule has 0 aliphatic heterocycles. The number of ether oxygens (including phenoxy) is 1. The molecule has 0 radical (unpaired) electrons. The molecule has 0 spiro atoms. The lowest BCUT2D eigenvalue weighted by atomic mass is 10.0. The number of unbranched alkanes of at least 4 members (excludes halogenated alkanes) is 4. The summed E-state index contributed by atoms with van der Waals surface area (Å²) in [7, 11) is 0. The van der Waals surface area contributed by atoms with Gasteiger partial charge in [-0.1, -0.05) is 44.7 Å². The van der Waals surface area contributed by atoms with Gasteiger partial charge in [0.2, 0.25) is 0 Å². The summed E-state index contributed by atoms with van der Waals surface area (Å²) in [5.41, 5.74) is 2.13. The summed E-state index contributed by atoms with van der Waals surface area (Å²) in [4.78, 5) is 10.5. The van der Waals surface area contributed by atoms with Crippen LogP contribution in [0.2, 0.25) is 0 Å². The summed E-state index contributed by atoms with van der Waals surface area (Å²) in [5, 5.41) is 8.63. The van der Waals surface area contributed by atoms with Crippen LogP contribution in [0.15, 0.2) is 18.2 Å². The lowest BCUT2D eigenvalue weighted by Crippen LogP contribution is -2.05. The Labute approximate surface area is 109 Å². The maximum absolute atomic E-state index is 10.5. The van der Waals surface area contributed by atoms with E-state index in [1.54, 1.807) is 6.07 Å². The van der Waals surface area contributed by atoms with Crippen LogP contribution in [0.1, 0.15) is 50.2 Å². The van der Waals surface area contributed by atoms with Crippen molar-refractivity contribution in [3.63, 3.8) is 0 Å². The molecule has 0 fully saturated rings. The Morgan fingerprint density at radius 1 is 1.22 bits per heavy atom. The maximum atomic E-state index is 10.5. The standard InChI is InChI=1S/C15H22O3/c1-3-4-5-6-7-9-13-10-8-11-14(12(13)2)18-15(16)17/h8,10-11H,3-7,9H2,1-2H3,(H,16,17). The van der Waals surface area contributed by atoms with Gasteiger partial charge in [-0.15, -0.1) is 0 Å². The average Bonchev–Trinajstić information content (AvgIpc) is 2.33. The molecule has 1 aromatic rings. The Balaban J connectivity index is 2.52. The van der Waals surface area contributed by atoms with Crippen LogP contribution in [0.4, 0.5) is 4.79 Å². The average molecular weight is 250 g/mol. The Morgan fingerprint density at radius 3 is 2.61 bits per heavy atom. The van der Waals surface area contributed by atoms with Crippen molar-refractivity contribution >= 4 is 6.16 Å². The number of carbonyl (C=O) groups is 1. The summed E-state index contributed by atoms with van der Waals surface area (Å²) in [6, 6.07) is 5.60. The van der Waals surface area contributed by atoms with E-state index in [9.17, 15) is 4.79 Å². The Morgan fingerprint density at radius 2 is 1.94 bits per heavy atom. The highest BCUT2D eigenvalue weighted by atomic mass is 16.7. The second-order valence-electron chi connectivity index (χ2n) is 4.57. The fraction of sp³-hybridized carbons (Fsp3) is 0.533. The van der Waals surface area contributed by atoms with E-state index in [0.717, 1.165) is 18.4 Å². The molecule has 1 rings (SSSR count). The van der Waals surface area contributed by atoms with E-state index < -0.39 is 6.16 Å². The highest BCUT2D eigenvalue weighted by Crippen LogP contribution is 2.23. The van der Waals surface area contributed by atoms with Gasteiger partial charge in [-0.3, -0.25) is 0 Å². The molecule has 0 unspecified atom stereocenters. The van der Waals surface area contributed by atoms with E-state index in [-0.39, 0.29) is 0 Å². The summed E-state index contributed by atoms with van der Waals surface area (Å²) in [6.07, 6.45) is 5.95. The SMILES string of the molecule is CCCCCCCc1cccc(OC(=O)O)c1C. The van der Waals surface area contributed by atoms with Gasteiger partial charge in [0, 0.05) is 0 Å². The molecule has 3 heteroatoms. The van der Waals surface area contributed by atoms with Crippen molar-refractivity contribution in [2.75, 3.05) is 0 Å². The van der Waals surface area contributed by atoms with Gasteiger partial charge < -0.3 is 9.84 Å². The van der Waals surface area contributed by atoms with Crippen molar-refractivity contribution in [3.05, 3.63) is 29.3 Å². The molecule has 0 aromatic heterocycles. The third-order valence-corrected chi connectivity index (χ3v) is 3.14. The van der Waals surface area contributed by atoms with Gasteiger partial charge in [-0.25, -0.2) is 4.79 Å². The molecule has 1 aromatic carbocycles. The fourth-order valence-corrected chi connectivity index (χ4v) is 2.05. The van der Waals surface area contributed by atoms with Gasteiger partial charge in [0.1, 0.15) is 5.75 Å². The van der Waals surface area contributed by atoms with Crippen LogP contribution in [-0.2, 0) is 6.42 Å². The summed E-state index contributed by atoms with van der Waals surface area (Å²) >= 11 is 0. The largest absolute Gasteiger partial charge is 0.511 e. The molecule has 0 aliphatic carbocycles. The molecule has 0 aliphatic rings. The fourth-order valence-electron chi connectivity index (χ4n) is 2.05. The third kappa shape index (κ3) is 4.78. The van der Waals surface area contributed by atoms with Crippen molar-refractivity contribution < 1.29 is 14.6 Å². The Bertz CT molecular complexity index is 385. The molecule has 0 bridgehead atoms. The summed E-state index contributed by atoms with van der Waals surface area (Å²) in [6.45, 7) is 4.12. The first-order valence-electron chi connectivity index (χ1n) is 6.64. The molecular weight excluding hydrogens is 228 g/mol. The minimum Gasteiger partial charge on any atom is -0.449 e.